The first-order valence-corrected chi connectivity index (χ1v) is 24.2. The highest BCUT2D eigenvalue weighted by molar-refractivity contribution is 5.92. The van der Waals surface area contributed by atoms with E-state index in [1.165, 1.54) is 0 Å². The van der Waals surface area contributed by atoms with Crippen molar-refractivity contribution in [2.75, 3.05) is 158 Å². The maximum Gasteiger partial charge on any atom is 0.322 e. The van der Waals surface area contributed by atoms with Gasteiger partial charge in [-0.1, -0.05) is 57.9 Å². The molecular formula is C46H84N6O17. The second-order valence-electron chi connectivity index (χ2n) is 15.4. The number of hydrogen-bond acceptors (Lipinski definition) is 16. The lowest BCUT2D eigenvalue weighted by Crippen LogP contribution is -2.44. The van der Waals surface area contributed by atoms with Gasteiger partial charge in [-0.3, -0.25) is 33.6 Å². The first-order valence-electron chi connectivity index (χ1n) is 24.2. The van der Waals surface area contributed by atoms with Gasteiger partial charge in [0, 0.05) is 31.5 Å². The third-order valence-corrected chi connectivity index (χ3v) is 9.30. The average Bonchev–Trinajstić information content (AvgIpc) is 3.33. The number of carboxylic acid groups (broad SMARTS) is 1. The van der Waals surface area contributed by atoms with Crippen molar-refractivity contribution in [2.24, 2.45) is 0 Å². The van der Waals surface area contributed by atoms with Crippen molar-refractivity contribution in [3.63, 3.8) is 0 Å². The van der Waals surface area contributed by atoms with Crippen molar-refractivity contribution in [1.82, 2.24) is 31.9 Å². The Bertz CT molecular complexity index is 1360. The van der Waals surface area contributed by atoms with E-state index in [1.54, 1.807) is 6.92 Å². The van der Waals surface area contributed by atoms with Crippen LogP contribution in [0.5, 0.6) is 0 Å². The second kappa shape index (κ2) is 50.1. The van der Waals surface area contributed by atoms with Crippen LogP contribution in [0, 0.1) is 0 Å². The molecule has 0 aliphatic rings. The summed E-state index contributed by atoms with van der Waals surface area (Å²) in [5, 5.41) is 23.3. The Kier molecular flexibility index (Phi) is 46.9. The number of ether oxygens (including phenoxy) is 9. The molecule has 7 N–H and O–H groups in total. The van der Waals surface area contributed by atoms with Crippen LogP contribution in [0.15, 0.2) is 12.2 Å². The van der Waals surface area contributed by atoms with Gasteiger partial charge in [-0.25, -0.2) is 0 Å². The Morgan fingerprint density at radius 3 is 0.884 bits per heavy atom. The lowest BCUT2D eigenvalue weighted by Gasteiger charge is -2.09. The molecule has 0 atom stereocenters. The number of carboxylic acids is 1. The third-order valence-electron chi connectivity index (χ3n) is 9.30. The van der Waals surface area contributed by atoms with Gasteiger partial charge >= 0.3 is 5.97 Å². The van der Waals surface area contributed by atoms with Crippen LogP contribution in [-0.4, -0.2) is 205 Å². The fourth-order valence-corrected chi connectivity index (χ4v) is 5.57. The van der Waals surface area contributed by atoms with Crippen molar-refractivity contribution in [3.8, 4) is 0 Å². The summed E-state index contributed by atoms with van der Waals surface area (Å²) >= 11 is 0. The zero-order valence-corrected chi connectivity index (χ0v) is 41.1. The SMILES string of the molecule is C=C(C)C(=O)NCCOCCOCCOCCOCCOCCOCCOCCOCCOCCNC(=O)CCCCCCCCCCCCC(=O)NCC(=O)NCC(=O)NCC(=O)NCC(=O)O. The van der Waals surface area contributed by atoms with Gasteiger partial charge in [-0.05, 0) is 19.8 Å². The molecule has 0 aromatic heterocycles. The van der Waals surface area contributed by atoms with E-state index < -0.39 is 36.8 Å². The Labute approximate surface area is 408 Å². The van der Waals surface area contributed by atoms with Crippen molar-refractivity contribution in [1.29, 1.82) is 0 Å². The van der Waals surface area contributed by atoms with Gasteiger partial charge < -0.3 is 79.6 Å². The highest BCUT2D eigenvalue weighted by Gasteiger charge is 2.10. The van der Waals surface area contributed by atoms with E-state index in [9.17, 15) is 33.6 Å². The predicted octanol–water partition coefficient (Wildman–Crippen LogP) is 0.175. The molecule has 0 unspecified atom stereocenters. The molecule has 0 rings (SSSR count). The summed E-state index contributed by atoms with van der Waals surface area (Å²) in [4.78, 5) is 80.7. The summed E-state index contributed by atoms with van der Waals surface area (Å²) in [5.41, 5.74) is 0.469. The maximum absolute atomic E-state index is 12.1. The summed E-state index contributed by atoms with van der Waals surface area (Å²) in [7, 11) is 0. The molecule has 0 spiro atoms. The van der Waals surface area contributed by atoms with Gasteiger partial charge in [-0.15, -0.1) is 0 Å². The fraction of sp³-hybridized carbons (Fsp3) is 0.804. The molecule has 0 heterocycles. The number of carbonyl (C=O) groups is 7. The summed E-state index contributed by atoms with van der Waals surface area (Å²) in [6.45, 7) is 12.7. The van der Waals surface area contributed by atoms with Crippen molar-refractivity contribution in [3.05, 3.63) is 12.2 Å². The number of hydrogen-bond donors (Lipinski definition) is 7. The first-order chi connectivity index (χ1) is 33.5. The van der Waals surface area contributed by atoms with Crippen LogP contribution in [0.3, 0.4) is 0 Å². The molecule has 400 valence electrons. The van der Waals surface area contributed by atoms with Crippen LogP contribution in [0.1, 0.15) is 84.0 Å². The van der Waals surface area contributed by atoms with Crippen LogP contribution in [0.4, 0.5) is 0 Å². The van der Waals surface area contributed by atoms with Crippen LogP contribution in [0.2, 0.25) is 0 Å². The number of carbonyl (C=O) groups excluding carboxylic acids is 6. The monoisotopic (exact) mass is 993 g/mol. The Morgan fingerprint density at radius 2 is 0.580 bits per heavy atom. The average molecular weight is 993 g/mol. The number of amides is 6. The van der Waals surface area contributed by atoms with E-state index in [1.807, 2.05) is 0 Å². The quantitative estimate of drug-likeness (QED) is 0.0316. The van der Waals surface area contributed by atoms with E-state index in [0.29, 0.717) is 150 Å². The number of unbranched alkanes of at least 4 members (excludes halogenated alkanes) is 9. The van der Waals surface area contributed by atoms with Crippen LogP contribution >= 0.6 is 0 Å². The smallest absolute Gasteiger partial charge is 0.322 e. The minimum Gasteiger partial charge on any atom is -0.480 e. The molecular weight excluding hydrogens is 909 g/mol. The third kappa shape index (κ3) is 51.4. The minimum absolute atomic E-state index is 0.0322. The molecule has 0 fully saturated rings. The lowest BCUT2D eigenvalue weighted by molar-refractivity contribution is -0.137. The molecule has 0 aliphatic carbocycles. The van der Waals surface area contributed by atoms with Crippen LogP contribution in [-0.2, 0) is 76.2 Å². The molecule has 0 bridgehead atoms. The van der Waals surface area contributed by atoms with Crippen LogP contribution < -0.4 is 31.9 Å². The molecule has 0 saturated carbocycles. The van der Waals surface area contributed by atoms with Crippen molar-refractivity contribution in [2.45, 2.75) is 84.0 Å². The van der Waals surface area contributed by atoms with E-state index in [0.717, 1.165) is 64.2 Å². The van der Waals surface area contributed by atoms with E-state index in [2.05, 4.69) is 38.5 Å². The van der Waals surface area contributed by atoms with Gasteiger partial charge in [0.1, 0.15) is 6.54 Å². The van der Waals surface area contributed by atoms with Gasteiger partial charge in [0.25, 0.3) is 0 Å². The van der Waals surface area contributed by atoms with E-state index in [-0.39, 0.29) is 30.8 Å². The maximum atomic E-state index is 12.1. The van der Waals surface area contributed by atoms with E-state index in [4.69, 9.17) is 47.7 Å². The molecule has 23 heteroatoms. The first kappa shape index (κ1) is 64.7. The molecule has 0 aromatic carbocycles. The number of nitrogens with one attached hydrogen (secondary N) is 6. The largest absolute Gasteiger partial charge is 0.480 e. The van der Waals surface area contributed by atoms with E-state index >= 15 is 0 Å². The molecule has 0 saturated heterocycles. The number of aliphatic carboxylic acids is 1. The normalized spacial score (nSPS) is 10.9. The lowest BCUT2D eigenvalue weighted by atomic mass is 10.0. The standard InChI is InChI=1S/C46H84N6O17/c1-39(2)46(60)48-16-18-62-20-22-64-24-26-66-28-30-68-32-34-69-33-31-67-29-27-65-25-23-63-21-19-61-17-15-47-40(53)13-11-9-7-5-3-4-6-8-10-12-14-41(54)49-35-42(55)50-36-43(56)51-37-44(57)52-38-45(58)59/h1,3-38H2,2H3,(H,47,53)(H,48,60)(H,49,54)(H,50,55)(H,51,56)(H,52,57)(H,58,59). The van der Waals surface area contributed by atoms with Crippen molar-refractivity contribution < 1.29 is 81.3 Å². The highest BCUT2D eigenvalue weighted by atomic mass is 16.6. The van der Waals surface area contributed by atoms with Gasteiger partial charge in [0.2, 0.25) is 35.4 Å². The summed E-state index contributed by atoms with van der Waals surface area (Å²) in [6.07, 6.45) is 10.9. The van der Waals surface area contributed by atoms with Crippen LogP contribution in [0.25, 0.3) is 0 Å². The number of rotatable bonds is 52. The minimum atomic E-state index is -1.21. The fourth-order valence-electron chi connectivity index (χ4n) is 5.57. The zero-order chi connectivity index (χ0) is 50.7. The Morgan fingerprint density at radius 1 is 0.333 bits per heavy atom. The predicted molar refractivity (Wildman–Crippen MR) is 253 cm³/mol. The van der Waals surface area contributed by atoms with Gasteiger partial charge in [-0.2, -0.15) is 0 Å². The summed E-state index contributed by atoms with van der Waals surface area (Å²) in [6, 6.07) is 0. The molecule has 0 aliphatic heterocycles. The summed E-state index contributed by atoms with van der Waals surface area (Å²) < 4.78 is 49.2. The van der Waals surface area contributed by atoms with Crippen molar-refractivity contribution >= 4 is 41.4 Å². The molecule has 0 radical (unpaired) electrons. The molecule has 69 heavy (non-hydrogen) atoms. The zero-order valence-electron chi connectivity index (χ0n) is 41.1. The van der Waals surface area contributed by atoms with Gasteiger partial charge in [0.15, 0.2) is 0 Å². The molecule has 0 aromatic rings. The highest BCUT2D eigenvalue weighted by Crippen LogP contribution is 2.12. The van der Waals surface area contributed by atoms with Gasteiger partial charge in [0.05, 0.1) is 139 Å². The Balaban J connectivity index is 3.31. The topological polar surface area (TPSA) is 295 Å². The molecule has 23 nitrogen and oxygen atoms in total. The summed E-state index contributed by atoms with van der Waals surface area (Å²) in [5.74, 6) is -3.45. The second-order valence-corrected chi connectivity index (χ2v) is 15.4. The Hall–Kier alpha value is -4.33. The molecule has 6 amide bonds.